The fourth-order valence-electron chi connectivity index (χ4n) is 3.00. The van der Waals surface area contributed by atoms with E-state index in [0.717, 1.165) is 11.1 Å². The molecule has 0 bridgehead atoms. The van der Waals surface area contributed by atoms with Crippen molar-refractivity contribution in [3.8, 4) is 5.75 Å². The summed E-state index contributed by atoms with van der Waals surface area (Å²) in [4.78, 5) is 23.9. The van der Waals surface area contributed by atoms with Crippen molar-refractivity contribution in [1.82, 2.24) is 10.8 Å². The number of hydroxylamine groups is 1. The number of carbonyl (C=O) groups excluding carboxylic acids is 2. The van der Waals surface area contributed by atoms with Crippen LogP contribution in [0.15, 0.2) is 91.0 Å². The van der Waals surface area contributed by atoms with Crippen LogP contribution in [0.2, 0.25) is 0 Å². The molecule has 1 atom stereocenters. The van der Waals surface area contributed by atoms with Gasteiger partial charge in [0.05, 0.1) is 6.04 Å². The number of carbonyl (C=O) groups is 2. The lowest BCUT2D eigenvalue weighted by Gasteiger charge is -2.19. The quantitative estimate of drug-likeness (QED) is 0.282. The molecule has 6 heteroatoms. The van der Waals surface area contributed by atoms with Crippen LogP contribution in [0.5, 0.6) is 5.75 Å². The second kappa shape index (κ2) is 11.3. The Morgan fingerprint density at radius 1 is 0.903 bits per heavy atom. The van der Waals surface area contributed by atoms with Crippen molar-refractivity contribution in [2.75, 3.05) is 6.61 Å². The van der Waals surface area contributed by atoms with Crippen LogP contribution in [0, 0.1) is 0 Å². The molecule has 6 nitrogen and oxygen atoms in total. The standard InChI is InChI=1S/C25H24N2O4/c28-24(16-11-19-7-3-1-4-8-19)26-22(17-20-9-5-2-6-10-20)18-31-23-14-12-21(13-15-23)25(29)27-30/h1-16,22,30H,17-18H2,(H,26,28)(H,27,29)/b16-11+. The largest absolute Gasteiger partial charge is 0.491 e. The summed E-state index contributed by atoms with van der Waals surface area (Å²) in [6, 6.07) is 25.6. The van der Waals surface area contributed by atoms with Gasteiger partial charge in [-0.15, -0.1) is 0 Å². The molecule has 0 heterocycles. The number of rotatable bonds is 9. The van der Waals surface area contributed by atoms with Gasteiger partial charge in [-0.2, -0.15) is 0 Å². The van der Waals surface area contributed by atoms with Crippen LogP contribution in [-0.2, 0) is 11.2 Å². The van der Waals surface area contributed by atoms with Gasteiger partial charge in [0.2, 0.25) is 5.91 Å². The first-order chi connectivity index (χ1) is 15.1. The van der Waals surface area contributed by atoms with Crippen LogP contribution in [0.4, 0.5) is 0 Å². The number of amides is 2. The second-order valence-electron chi connectivity index (χ2n) is 6.92. The average Bonchev–Trinajstić information content (AvgIpc) is 2.82. The zero-order valence-corrected chi connectivity index (χ0v) is 16.9. The highest BCUT2D eigenvalue weighted by Gasteiger charge is 2.13. The van der Waals surface area contributed by atoms with Crippen LogP contribution in [0.1, 0.15) is 21.5 Å². The van der Waals surface area contributed by atoms with Crippen molar-refractivity contribution in [2.45, 2.75) is 12.5 Å². The first-order valence-electron chi connectivity index (χ1n) is 9.89. The fourth-order valence-corrected chi connectivity index (χ4v) is 3.00. The Morgan fingerprint density at radius 3 is 2.19 bits per heavy atom. The van der Waals surface area contributed by atoms with Gasteiger partial charge in [0, 0.05) is 11.6 Å². The van der Waals surface area contributed by atoms with Crippen molar-refractivity contribution in [3.63, 3.8) is 0 Å². The van der Waals surface area contributed by atoms with Crippen LogP contribution in [-0.4, -0.2) is 29.7 Å². The van der Waals surface area contributed by atoms with E-state index in [9.17, 15) is 9.59 Å². The third-order valence-corrected chi connectivity index (χ3v) is 4.57. The summed E-state index contributed by atoms with van der Waals surface area (Å²) < 4.78 is 5.84. The van der Waals surface area contributed by atoms with Gasteiger partial charge in [0.25, 0.3) is 5.91 Å². The molecule has 0 aromatic heterocycles. The normalized spacial score (nSPS) is 11.6. The van der Waals surface area contributed by atoms with E-state index in [2.05, 4.69) is 5.32 Å². The average molecular weight is 416 g/mol. The van der Waals surface area contributed by atoms with E-state index in [1.165, 1.54) is 6.08 Å². The molecule has 0 aliphatic rings. The minimum absolute atomic E-state index is 0.205. The van der Waals surface area contributed by atoms with Crippen LogP contribution in [0.3, 0.4) is 0 Å². The van der Waals surface area contributed by atoms with Gasteiger partial charge in [0.15, 0.2) is 0 Å². The van der Waals surface area contributed by atoms with E-state index in [-0.39, 0.29) is 18.6 Å². The third kappa shape index (κ3) is 7.13. The van der Waals surface area contributed by atoms with E-state index in [1.807, 2.05) is 60.7 Å². The maximum absolute atomic E-state index is 12.5. The van der Waals surface area contributed by atoms with E-state index in [1.54, 1.807) is 35.8 Å². The Bertz CT molecular complexity index is 1000. The summed E-state index contributed by atoms with van der Waals surface area (Å²) in [7, 11) is 0. The minimum atomic E-state index is -0.592. The summed E-state index contributed by atoms with van der Waals surface area (Å²) >= 11 is 0. The molecule has 0 saturated heterocycles. The first-order valence-corrected chi connectivity index (χ1v) is 9.89. The zero-order valence-electron chi connectivity index (χ0n) is 16.9. The molecule has 0 fully saturated rings. The molecule has 3 aromatic carbocycles. The monoisotopic (exact) mass is 416 g/mol. The highest BCUT2D eigenvalue weighted by Crippen LogP contribution is 2.13. The molecule has 3 aromatic rings. The van der Waals surface area contributed by atoms with Crippen molar-refractivity contribution < 1.29 is 19.5 Å². The molecule has 1 unspecified atom stereocenters. The van der Waals surface area contributed by atoms with E-state index >= 15 is 0 Å². The molecule has 3 N–H and O–H groups in total. The molecule has 0 aliphatic carbocycles. The molecule has 0 aliphatic heterocycles. The lowest BCUT2D eigenvalue weighted by Crippen LogP contribution is -2.39. The van der Waals surface area contributed by atoms with Gasteiger partial charge in [-0.05, 0) is 47.9 Å². The molecule has 0 radical (unpaired) electrons. The van der Waals surface area contributed by atoms with Gasteiger partial charge < -0.3 is 10.1 Å². The summed E-state index contributed by atoms with van der Waals surface area (Å²) in [5.41, 5.74) is 3.93. The lowest BCUT2D eigenvalue weighted by molar-refractivity contribution is -0.117. The highest BCUT2D eigenvalue weighted by molar-refractivity contribution is 5.93. The number of hydrogen-bond donors (Lipinski definition) is 3. The maximum atomic E-state index is 12.5. The minimum Gasteiger partial charge on any atom is -0.491 e. The van der Waals surface area contributed by atoms with Crippen LogP contribution < -0.4 is 15.5 Å². The molecule has 158 valence electrons. The van der Waals surface area contributed by atoms with Gasteiger partial charge >= 0.3 is 0 Å². The number of hydrogen-bond acceptors (Lipinski definition) is 4. The molecule has 2 amide bonds. The first kappa shape index (κ1) is 21.8. The van der Waals surface area contributed by atoms with Gasteiger partial charge in [-0.3, -0.25) is 14.8 Å². The topological polar surface area (TPSA) is 87.7 Å². The summed E-state index contributed by atoms with van der Waals surface area (Å²) in [5, 5.41) is 11.7. The fraction of sp³-hybridized carbons (Fsp3) is 0.120. The Morgan fingerprint density at radius 2 is 1.55 bits per heavy atom. The van der Waals surface area contributed by atoms with Gasteiger partial charge in [-0.1, -0.05) is 60.7 Å². The third-order valence-electron chi connectivity index (χ3n) is 4.57. The molecular formula is C25H24N2O4. The Hall–Kier alpha value is -3.90. The van der Waals surface area contributed by atoms with Gasteiger partial charge in [-0.25, -0.2) is 5.48 Å². The summed E-state index contributed by atoms with van der Waals surface area (Å²) in [6.45, 7) is 0.255. The smallest absolute Gasteiger partial charge is 0.274 e. The van der Waals surface area contributed by atoms with E-state index < -0.39 is 5.91 Å². The number of benzene rings is 3. The number of nitrogens with one attached hydrogen (secondary N) is 2. The molecule has 31 heavy (non-hydrogen) atoms. The lowest BCUT2D eigenvalue weighted by atomic mass is 10.1. The second-order valence-corrected chi connectivity index (χ2v) is 6.92. The molecule has 0 saturated carbocycles. The Balaban J connectivity index is 1.63. The molecule has 3 rings (SSSR count). The Kier molecular flexibility index (Phi) is 7.97. The van der Waals surface area contributed by atoms with Crippen molar-refractivity contribution in [3.05, 3.63) is 108 Å². The van der Waals surface area contributed by atoms with Crippen LogP contribution >= 0.6 is 0 Å². The zero-order chi connectivity index (χ0) is 21.9. The van der Waals surface area contributed by atoms with Crippen molar-refractivity contribution in [2.24, 2.45) is 0 Å². The molecular weight excluding hydrogens is 392 g/mol. The summed E-state index contributed by atoms with van der Waals surface area (Å²) in [6.07, 6.45) is 3.88. The Labute approximate surface area is 181 Å². The van der Waals surface area contributed by atoms with Crippen molar-refractivity contribution in [1.29, 1.82) is 0 Å². The van der Waals surface area contributed by atoms with E-state index in [0.29, 0.717) is 17.7 Å². The highest BCUT2D eigenvalue weighted by atomic mass is 16.5. The number of ether oxygens (including phenoxy) is 1. The van der Waals surface area contributed by atoms with Crippen molar-refractivity contribution >= 4 is 17.9 Å². The van der Waals surface area contributed by atoms with Crippen LogP contribution in [0.25, 0.3) is 6.08 Å². The van der Waals surface area contributed by atoms with E-state index in [4.69, 9.17) is 9.94 Å². The SMILES string of the molecule is O=C(/C=C/c1ccccc1)NC(COc1ccc(C(=O)NO)cc1)Cc1ccccc1. The maximum Gasteiger partial charge on any atom is 0.274 e. The molecule has 0 spiro atoms. The van der Waals surface area contributed by atoms with Gasteiger partial charge in [0.1, 0.15) is 12.4 Å². The summed E-state index contributed by atoms with van der Waals surface area (Å²) in [5.74, 6) is -0.240. The predicted octanol–water partition coefficient (Wildman–Crippen LogP) is 3.63. The predicted molar refractivity (Wildman–Crippen MR) is 119 cm³/mol.